The highest BCUT2D eigenvalue weighted by Crippen LogP contribution is 2.19. The fourth-order valence-corrected chi connectivity index (χ4v) is 3.68. The Kier molecular flexibility index (Phi) is 6.47. The number of nitrogens with one attached hydrogen (secondary N) is 1. The van der Waals surface area contributed by atoms with E-state index in [4.69, 9.17) is 4.74 Å². The van der Waals surface area contributed by atoms with Crippen molar-refractivity contribution in [1.82, 2.24) is 14.5 Å². The van der Waals surface area contributed by atoms with E-state index >= 15 is 0 Å². The van der Waals surface area contributed by atoms with Crippen molar-refractivity contribution in [2.75, 3.05) is 50.1 Å². The summed E-state index contributed by atoms with van der Waals surface area (Å²) in [5.41, 5.74) is 3.73. The number of rotatable bonds is 7. The fourth-order valence-electron chi connectivity index (χ4n) is 3.68. The Labute approximate surface area is 181 Å². The predicted molar refractivity (Wildman–Crippen MR) is 120 cm³/mol. The molecule has 8 heteroatoms. The van der Waals surface area contributed by atoms with Crippen molar-refractivity contribution in [3.8, 4) is 0 Å². The third-order valence-electron chi connectivity index (χ3n) is 5.43. The van der Waals surface area contributed by atoms with E-state index in [1.807, 2.05) is 53.1 Å². The molecule has 8 nitrogen and oxygen atoms in total. The lowest BCUT2D eigenvalue weighted by Gasteiger charge is -2.28. The second kappa shape index (κ2) is 9.61. The molecule has 0 spiro atoms. The quantitative estimate of drug-likeness (QED) is 0.634. The lowest BCUT2D eigenvalue weighted by molar-refractivity contribution is -0.133. The lowest BCUT2D eigenvalue weighted by Crippen LogP contribution is -2.36. The van der Waals surface area contributed by atoms with Crippen LogP contribution in [0.25, 0.3) is 11.0 Å². The van der Waals surface area contributed by atoms with Crippen LogP contribution >= 0.6 is 0 Å². The highest BCUT2D eigenvalue weighted by atomic mass is 16.5. The molecule has 2 heterocycles. The van der Waals surface area contributed by atoms with E-state index in [1.54, 1.807) is 13.4 Å². The third-order valence-corrected chi connectivity index (χ3v) is 5.43. The number of anilines is 2. The van der Waals surface area contributed by atoms with Gasteiger partial charge in [0.1, 0.15) is 0 Å². The Bertz CT molecular complexity index is 1040. The predicted octanol–water partition coefficient (Wildman–Crippen LogP) is 2.36. The molecular formula is C23H27N5O3. The molecule has 4 rings (SSSR count). The third kappa shape index (κ3) is 5.21. The highest BCUT2D eigenvalue weighted by molar-refractivity contribution is 5.94. The van der Waals surface area contributed by atoms with E-state index in [0.717, 1.165) is 43.0 Å². The molecule has 3 aromatic rings. The van der Waals surface area contributed by atoms with E-state index in [0.29, 0.717) is 18.7 Å². The van der Waals surface area contributed by atoms with Gasteiger partial charge in [-0.25, -0.2) is 4.98 Å². The molecular weight excluding hydrogens is 394 g/mol. The number of aromatic nitrogens is 2. The molecule has 0 bridgehead atoms. The molecule has 0 unspecified atom stereocenters. The highest BCUT2D eigenvalue weighted by Gasteiger charge is 2.15. The average molecular weight is 422 g/mol. The Morgan fingerprint density at radius 3 is 2.61 bits per heavy atom. The van der Waals surface area contributed by atoms with Crippen LogP contribution < -0.4 is 10.2 Å². The Balaban J connectivity index is 1.25. The minimum absolute atomic E-state index is 0.00866. The van der Waals surface area contributed by atoms with Crippen LogP contribution in [-0.4, -0.2) is 66.2 Å². The van der Waals surface area contributed by atoms with Crippen molar-refractivity contribution in [1.29, 1.82) is 0 Å². The number of carbonyl (C=O) groups excluding carboxylic acids is 2. The number of hydrogen-bond donors (Lipinski definition) is 1. The van der Waals surface area contributed by atoms with Gasteiger partial charge in [-0.05, 0) is 36.4 Å². The SMILES string of the molecule is CN(CC(=O)Nc1ccc(N2CCOCC2)cc1)C(=O)CCn1cnc2ccccc21. The second-order valence-corrected chi connectivity index (χ2v) is 7.62. The standard InChI is InChI=1S/C23H27N5O3/c1-26(23(30)10-11-28-17-24-20-4-2-3-5-21(20)28)16-22(29)25-18-6-8-19(9-7-18)27-12-14-31-15-13-27/h2-9,17H,10-16H2,1H3,(H,25,29). The summed E-state index contributed by atoms with van der Waals surface area (Å²) in [6, 6.07) is 15.6. The zero-order chi connectivity index (χ0) is 21.6. The van der Waals surface area contributed by atoms with Crippen molar-refractivity contribution >= 4 is 34.2 Å². The number of para-hydroxylation sites is 2. The largest absolute Gasteiger partial charge is 0.378 e. The van der Waals surface area contributed by atoms with Crippen LogP contribution in [0.5, 0.6) is 0 Å². The molecule has 0 saturated carbocycles. The van der Waals surface area contributed by atoms with Gasteiger partial charge in [0.15, 0.2) is 0 Å². The molecule has 1 saturated heterocycles. The number of imidazole rings is 1. The molecule has 1 aromatic heterocycles. The summed E-state index contributed by atoms with van der Waals surface area (Å²) >= 11 is 0. The fraction of sp³-hybridized carbons (Fsp3) is 0.348. The topological polar surface area (TPSA) is 79.7 Å². The smallest absolute Gasteiger partial charge is 0.243 e. The minimum atomic E-state index is -0.219. The number of morpholine rings is 1. The van der Waals surface area contributed by atoms with Gasteiger partial charge >= 0.3 is 0 Å². The summed E-state index contributed by atoms with van der Waals surface area (Å²) in [4.78, 5) is 32.9. The van der Waals surface area contributed by atoms with Crippen LogP contribution in [0, 0.1) is 0 Å². The summed E-state index contributed by atoms with van der Waals surface area (Å²) in [7, 11) is 1.65. The van der Waals surface area contributed by atoms with Gasteiger partial charge in [-0.3, -0.25) is 9.59 Å². The average Bonchev–Trinajstić information content (AvgIpc) is 3.21. The van der Waals surface area contributed by atoms with E-state index in [2.05, 4.69) is 15.2 Å². The van der Waals surface area contributed by atoms with E-state index in [1.165, 1.54) is 4.90 Å². The number of aryl methyl sites for hydroxylation is 1. The summed E-state index contributed by atoms with van der Waals surface area (Å²) in [6.07, 6.45) is 2.05. The number of nitrogens with zero attached hydrogens (tertiary/aromatic N) is 4. The number of benzene rings is 2. The van der Waals surface area contributed by atoms with Crippen LogP contribution in [0.1, 0.15) is 6.42 Å². The lowest BCUT2D eigenvalue weighted by atomic mass is 10.2. The normalized spacial score (nSPS) is 13.9. The Morgan fingerprint density at radius 2 is 1.84 bits per heavy atom. The molecule has 1 aliphatic rings. The van der Waals surface area contributed by atoms with Crippen LogP contribution in [0.2, 0.25) is 0 Å². The van der Waals surface area contributed by atoms with Crippen molar-refractivity contribution in [2.24, 2.45) is 0 Å². The maximum atomic E-state index is 12.5. The summed E-state index contributed by atoms with van der Waals surface area (Å²) in [6.45, 7) is 3.73. The van der Waals surface area contributed by atoms with Crippen molar-refractivity contribution in [2.45, 2.75) is 13.0 Å². The Hall–Kier alpha value is -3.39. The van der Waals surface area contributed by atoms with Crippen molar-refractivity contribution in [3.05, 3.63) is 54.9 Å². The molecule has 31 heavy (non-hydrogen) atoms. The summed E-state index contributed by atoms with van der Waals surface area (Å²) in [5, 5.41) is 2.86. The number of ether oxygens (including phenoxy) is 1. The number of amides is 2. The number of fused-ring (bicyclic) bond motifs is 1. The van der Waals surface area contributed by atoms with Crippen LogP contribution in [0.3, 0.4) is 0 Å². The first kappa shape index (κ1) is 20.9. The first-order valence-corrected chi connectivity index (χ1v) is 10.5. The first-order chi connectivity index (χ1) is 15.1. The van der Waals surface area contributed by atoms with Gasteiger partial charge in [-0.2, -0.15) is 0 Å². The molecule has 2 amide bonds. The molecule has 162 valence electrons. The monoisotopic (exact) mass is 421 g/mol. The molecule has 2 aromatic carbocycles. The van der Waals surface area contributed by atoms with Gasteiger partial charge in [0.2, 0.25) is 11.8 Å². The first-order valence-electron chi connectivity index (χ1n) is 10.5. The van der Waals surface area contributed by atoms with Crippen LogP contribution in [0.15, 0.2) is 54.9 Å². The van der Waals surface area contributed by atoms with Gasteiger partial charge in [0.25, 0.3) is 0 Å². The molecule has 1 N–H and O–H groups in total. The van der Waals surface area contributed by atoms with Crippen molar-refractivity contribution in [3.63, 3.8) is 0 Å². The summed E-state index contributed by atoms with van der Waals surface area (Å²) < 4.78 is 7.33. The van der Waals surface area contributed by atoms with Gasteiger partial charge in [-0.15, -0.1) is 0 Å². The van der Waals surface area contributed by atoms with Crippen LogP contribution in [-0.2, 0) is 20.9 Å². The van der Waals surface area contributed by atoms with E-state index in [9.17, 15) is 9.59 Å². The van der Waals surface area contributed by atoms with Crippen LogP contribution in [0.4, 0.5) is 11.4 Å². The van der Waals surface area contributed by atoms with Gasteiger partial charge in [-0.1, -0.05) is 12.1 Å². The maximum Gasteiger partial charge on any atom is 0.243 e. The second-order valence-electron chi connectivity index (χ2n) is 7.62. The minimum Gasteiger partial charge on any atom is -0.378 e. The molecule has 0 aliphatic carbocycles. The molecule has 0 radical (unpaired) electrons. The number of carbonyl (C=O) groups is 2. The van der Waals surface area contributed by atoms with E-state index < -0.39 is 0 Å². The van der Waals surface area contributed by atoms with E-state index in [-0.39, 0.29) is 18.4 Å². The zero-order valence-electron chi connectivity index (χ0n) is 17.7. The van der Waals surface area contributed by atoms with Gasteiger partial charge < -0.3 is 24.4 Å². The summed E-state index contributed by atoms with van der Waals surface area (Å²) in [5.74, 6) is -0.307. The maximum absolute atomic E-state index is 12.5. The number of hydrogen-bond acceptors (Lipinski definition) is 5. The van der Waals surface area contributed by atoms with Gasteiger partial charge in [0.05, 0.1) is 37.1 Å². The molecule has 1 aliphatic heterocycles. The number of likely N-dealkylation sites (N-methyl/N-ethyl adjacent to an activating group) is 1. The molecule has 0 atom stereocenters. The zero-order valence-corrected chi connectivity index (χ0v) is 17.7. The van der Waals surface area contributed by atoms with Gasteiger partial charge in [0, 0.05) is 44.5 Å². The Morgan fingerprint density at radius 1 is 1.10 bits per heavy atom. The molecule has 1 fully saturated rings. The van der Waals surface area contributed by atoms with Crippen molar-refractivity contribution < 1.29 is 14.3 Å².